The maximum absolute atomic E-state index is 5.37. The van der Waals surface area contributed by atoms with E-state index in [2.05, 4.69) is 123 Å². The fraction of sp³-hybridized carbons (Fsp3) is 0.256. The van der Waals surface area contributed by atoms with Crippen molar-refractivity contribution in [1.29, 1.82) is 0 Å². The number of aromatic nitrogens is 2. The summed E-state index contributed by atoms with van der Waals surface area (Å²) in [5.41, 5.74) is 12.6. The highest BCUT2D eigenvalue weighted by molar-refractivity contribution is 7.25. The minimum Gasteiger partial charge on any atom is -0.227 e. The molecule has 0 bridgehead atoms. The summed E-state index contributed by atoms with van der Waals surface area (Å²) in [4.78, 5) is 11.7. The second-order valence-corrected chi connectivity index (χ2v) is 15.5. The van der Waals surface area contributed by atoms with Crippen molar-refractivity contribution in [2.24, 2.45) is 5.92 Å². The van der Waals surface area contributed by atoms with E-state index >= 15 is 0 Å². The quantitative estimate of drug-likeness (QED) is 0.194. The van der Waals surface area contributed by atoms with E-state index in [9.17, 15) is 0 Å². The van der Waals surface area contributed by atoms with Crippen LogP contribution in [-0.2, 0) is 10.8 Å². The summed E-state index contributed by atoms with van der Waals surface area (Å²) in [6.45, 7) is 4.90. The van der Waals surface area contributed by atoms with E-state index in [1.165, 1.54) is 70.0 Å². The minimum atomic E-state index is 0.0754. The standard InChI is InChI=1S/C43H36N2S/c1-42(2)33-17-9-7-15-28(33)31-25-36-32(24-34(31)42)29-20-19-27(23-35(29)43(36)21-11-4-12-22-43)40-44-39(26-13-5-3-6-14-26)38-30-16-8-10-18-37(30)46-41(38)45-40/h3,5-10,13-20,23-25,31,34H,4,11-12,21-22H2,1-2H3. The maximum Gasteiger partial charge on any atom is 0.161 e. The Morgan fingerprint density at radius 2 is 1.50 bits per heavy atom. The third kappa shape index (κ3) is 3.58. The smallest absolute Gasteiger partial charge is 0.161 e. The molecule has 0 radical (unpaired) electrons. The molecule has 2 aromatic heterocycles. The van der Waals surface area contributed by atoms with Gasteiger partial charge in [-0.3, -0.25) is 0 Å². The predicted octanol–water partition coefficient (Wildman–Crippen LogP) is 11.4. The van der Waals surface area contributed by atoms with Crippen molar-refractivity contribution >= 4 is 37.2 Å². The monoisotopic (exact) mass is 612 g/mol. The van der Waals surface area contributed by atoms with E-state index in [0.29, 0.717) is 11.8 Å². The Hall–Kier alpha value is -4.34. The van der Waals surface area contributed by atoms with Crippen LogP contribution in [0.1, 0.15) is 74.1 Å². The zero-order valence-corrected chi connectivity index (χ0v) is 27.2. The van der Waals surface area contributed by atoms with Crippen molar-refractivity contribution in [3.05, 3.63) is 137 Å². The number of nitrogens with zero attached hydrogens (tertiary/aromatic N) is 2. The molecular weight excluding hydrogens is 577 g/mol. The van der Waals surface area contributed by atoms with E-state index in [1.54, 1.807) is 16.9 Å². The molecule has 224 valence electrons. The number of hydrogen-bond donors (Lipinski definition) is 0. The second-order valence-electron chi connectivity index (χ2n) is 14.5. The number of hydrogen-bond acceptors (Lipinski definition) is 3. The summed E-state index contributed by atoms with van der Waals surface area (Å²) in [5.74, 6) is 1.75. The Morgan fingerprint density at radius 1 is 0.717 bits per heavy atom. The van der Waals surface area contributed by atoms with Gasteiger partial charge in [0.2, 0.25) is 0 Å². The predicted molar refractivity (Wildman–Crippen MR) is 192 cm³/mol. The summed E-state index contributed by atoms with van der Waals surface area (Å²) in [5, 5.41) is 2.40. The summed E-state index contributed by atoms with van der Waals surface area (Å²) in [6.07, 6.45) is 11.7. The molecular formula is C43H36N2S. The van der Waals surface area contributed by atoms with Crippen molar-refractivity contribution in [2.45, 2.75) is 62.7 Å². The van der Waals surface area contributed by atoms with Crippen LogP contribution in [0.25, 0.3) is 48.5 Å². The molecule has 1 fully saturated rings. The average Bonchev–Trinajstić information content (AvgIpc) is 3.68. The highest BCUT2D eigenvalue weighted by Crippen LogP contribution is 2.63. The first-order valence-electron chi connectivity index (χ1n) is 17.0. The van der Waals surface area contributed by atoms with Gasteiger partial charge >= 0.3 is 0 Å². The normalized spacial score (nSPS) is 21.9. The topological polar surface area (TPSA) is 25.8 Å². The first-order valence-corrected chi connectivity index (χ1v) is 17.8. The van der Waals surface area contributed by atoms with E-state index in [1.807, 2.05) is 0 Å². The molecule has 2 atom stereocenters. The summed E-state index contributed by atoms with van der Waals surface area (Å²) < 4.78 is 1.26. The molecule has 1 spiro atoms. The van der Waals surface area contributed by atoms with Crippen LogP contribution in [0.4, 0.5) is 0 Å². The van der Waals surface area contributed by atoms with Gasteiger partial charge in [-0.25, -0.2) is 9.97 Å². The number of allylic oxidation sites excluding steroid dienone is 4. The Balaban J connectivity index is 1.18. The van der Waals surface area contributed by atoms with E-state index < -0.39 is 0 Å². The molecule has 10 rings (SSSR count). The van der Waals surface area contributed by atoms with Crippen molar-refractivity contribution < 1.29 is 0 Å². The van der Waals surface area contributed by atoms with Crippen LogP contribution in [0, 0.1) is 5.92 Å². The van der Waals surface area contributed by atoms with Crippen LogP contribution in [0.2, 0.25) is 0 Å². The number of thiophene rings is 1. The van der Waals surface area contributed by atoms with E-state index in [-0.39, 0.29) is 10.8 Å². The van der Waals surface area contributed by atoms with Crippen LogP contribution in [-0.4, -0.2) is 9.97 Å². The lowest BCUT2D eigenvalue weighted by Crippen LogP contribution is -2.31. The molecule has 0 amide bonds. The molecule has 1 saturated carbocycles. The molecule has 0 saturated heterocycles. The number of fused-ring (bicyclic) bond motifs is 11. The lowest BCUT2D eigenvalue weighted by atomic mass is 9.64. The molecule has 4 aliphatic rings. The van der Waals surface area contributed by atoms with Crippen LogP contribution in [0.5, 0.6) is 0 Å². The van der Waals surface area contributed by atoms with Gasteiger partial charge in [-0.15, -0.1) is 11.3 Å². The van der Waals surface area contributed by atoms with Gasteiger partial charge in [-0.05, 0) is 69.7 Å². The Labute approximate surface area is 274 Å². The summed E-state index contributed by atoms with van der Waals surface area (Å²) in [7, 11) is 0. The van der Waals surface area contributed by atoms with Crippen LogP contribution in [0.3, 0.4) is 0 Å². The van der Waals surface area contributed by atoms with Crippen molar-refractivity contribution in [3.63, 3.8) is 0 Å². The van der Waals surface area contributed by atoms with Gasteiger partial charge in [0.15, 0.2) is 5.82 Å². The van der Waals surface area contributed by atoms with Gasteiger partial charge in [0.1, 0.15) is 4.83 Å². The third-order valence-corrected chi connectivity index (χ3v) is 12.9. The number of benzene rings is 4. The zero-order chi connectivity index (χ0) is 30.6. The highest BCUT2D eigenvalue weighted by Gasteiger charge is 2.52. The lowest BCUT2D eigenvalue weighted by molar-refractivity contribution is 0.345. The summed E-state index contributed by atoms with van der Waals surface area (Å²) in [6, 6.07) is 35.7. The Morgan fingerprint density at radius 3 is 2.37 bits per heavy atom. The summed E-state index contributed by atoms with van der Waals surface area (Å²) >= 11 is 1.78. The van der Waals surface area contributed by atoms with Crippen molar-refractivity contribution in [2.75, 3.05) is 0 Å². The minimum absolute atomic E-state index is 0.0754. The molecule has 3 heteroatoms. The second kappa shape index (κ2) is 9.59. The molecule has 6 aromatic rings. The molecule has 0 aliphatic heterocycles. The molecule has 2 unspecified atom stereocenters. The Kier molecular flexibility index (Phi) is 5.60. The molecule has 46 heavy (non-hydrogen) atoms. The first-order chi connectivity index (χ1) is 22.5. The molecule has 2 nitrogen and oxygen atoms in total. The zero-order valence-electron chi connectivity index (χ0n) is 26.4. The van der Waals surface area contributed by atoms with Gasteiger partial charge in [0.05, 0.1) is 5.69 Å². The van der Waals surface area contributed by atoms with Gasteiger partial charge in [-0.2, -0.15) is 0 Å². The van der Waals surface area contributed by atoms with Crippen LogP contribution in [0.15, 0.2) is 115 Å². The molecule has 4 aliphatic carbocycles. The third-order valence-electron chi connectivity index (χ3n) is 11.8. The molecule has 0 N–H and O–H groups in total. The van der Waals surface area contributed by atoms with Crippen LogP contribution < -0.4 is 0 Å². The fourth-order valence-corrected chi connectivity index (χ4v) is 10.7. The van der Waals surface area contributed by atoms with Gasteiger partial charge in [0.25, 0.3) is 0 Å². The first kappa shape index (κ1) is 26.8. The van der Waals surface area contributed by atoms with E-state index in [0.717, 1.165) is 32.9 Å². The fourth-order valence-electron chi connectivity index (χ4n) is 9.60. The SMILES string of the molecule is CC1(C)c2ccccc2C2C=C3C(=CC21)c1ccc(-c2nc(-c4ccccc4)c4c(n2)sc2ccccc24)cc1C31CCCCC1. The lowest BCUT2D eigenvalue weighted by Gasteiger charge is -2.39. The average molecular weight is 613 g/mol. The molecule has 2 heterocycles. The van der Waals surface area contributed by atoms with Crippen molar-refractivity contribution in [3.8, 4) is 22.6 Å². The van der Waals surface area contributed by atoms with Crippen molar-refractivity contribution in [1.82, 2.24) is 9.97 Å². The van der Waals surface area contributed by atoms with Gasteiger partial charge < -0.3 is 0 Å². The van der Waals surface area contributed by atoms with Gasteiger partial charge in [0, 0.05) is 37.9 Å². The molecule has 4 aromatic carbocycles. The van der Waals surface area contributed by atoms with E-state index in [4.69, 9.17) is 9.97 Å². The van der Waals surface area contributed by atoms with Crippen LogP contribution >= 0.6 is 11.3 Å². The van der Waals surface area contributed by atoms with Gasteiger partial charge in [-0.1, -0.05) is 130 Å². The largest absolute Gasteiger partial charge is 0.227 e. The highest BCUT2D eigenvalue weighted by atomic mass is 32.1. The number of rotatable bonds is 2. The maximum atomic E-state index is 5.37. The Bertz CT molecular complexity index is 2280.